The molecule has 0 amide bonds. The minimum Gasteiger partial charge on any atom is -0.284 e. The van der Waals surface area contributed by atoms with Crippen LogP contribution in [-0.2, 0) is 12.5 Å². The molecule has 0 radical (unpaired) electrons. The Hall–Kier alpha value is -1.19. The van der Waals surface area contributed by atoms with Gasteiger partial charge >= 0.3 is 0 Å². The fourth-order valence-corrected chi connectivity index (χ4v) is 5.31. The normalized spacial score (nSPS) is 27.5. The van der Waals surface area contributed by atoms with Gasteiger partial charge in [0, 0.05) is 23.0 Å². The molecule has 1 heterocycles. The molecular weight excluding hydrogens is 331 g/mol. The van der Waals surface area contributed by atoms with Crippen LogP contribution in [0.25, 0.3) is 5.69 Å². The Morgan fingerprint density at radius 2 is 1.91 bits per heavy atom. The molecule has 4 rings (SSSR count). The molecule has 1 saturated carbocycles. The van der Waals surface area contributed by atoms with Gasteiger partial charge in [-0.05, 0) is 42.4 Å². The van der Waals surface area contributed by atoms with Crippen LogP contribution in [0, 0.1) is 5.41 Å². The molecular formula is C18H20Cl2N2O. The number of aromatic nitrogens is 2. The molecule has 2 bridgehead atoms. The van der Waals surface area contributed by atoms with Crippen LogP contribution in [0.4, 0.5) is 0 Å². The summed E-state index contributed by atoms with van der Waals surface area (Å²) in [5, 5.41) is 1.11. The van der Waals surface area contributed by atoms with Gasteiger partial charge in [-0.2, -0.15) is 0 Å². The number of hydrogen-bond acceptors (Lipinski definition) is 1. The Kier molecular flexibility index (Phi) is 2.97. The van der Waals surface area contributed by atoms with Gasteiger partial charge in [0.25, 0.3) is 5.56 Å². The van der Waals surface area contributed by atoms with E-state index in [1.54, 1.807) is 22.9 Å². The number of fused-ring (bicyclic) bond motifs is 5. The van der Waals surface area contributed by atoms with Crippen molar-refractivity contribution in [3.05, 3.63) is 49.9 Å². The van der Waals surface area contributed by atoms with E-state index in [2.05, 4.69) is 20.8 Å². The molecule has 0 unspecified atom stereocenters. The Balaban J connectivity index is 2.05. The molecule has 1 aromatic heterocycles. The van der Waals surface area contributed by atoms with Crippen LogP contribution in [0.15, 0.2) is 23.0 Å². The smallest absolute Gasteiger partial charge is 0.275 e. The van der Waals surface area contributed by atoms with Crippen LogP contribution >= 0.6 is 23.2 Å². The summed E-state index contributed by atoms with van der Waals surface area (Å²) in [5.74, 6) is 0.320. The Labute approximate surface area is 145 Å². The minimum atomic E-state index is 0.0250. The zero-order valence-corrected chi connectivity index (χ0v) is 15.3. The topological polar surface area (TPSA) is 26.9 Å². The summed E-state index contributed by atoms with van der Waals surface area (Å²) in [6, 6.07) is 5.24. The molecule has 2 aromatic rings. The first kappa shape index (κ1) is 15.3. The van der Waals surface area contributed by atoms with Crippen LogP contribution < -0.4 is 5.56 Å². The molecule has 2 aliphatic rings. The lowest BCUT2D eigenvalue weighted by molar-refractivity contribution is 0.218. The van der Waals surface area contributed by atoms with Crippen molar-refractivity contribution >= 4 is 23.2 Å². The van der Waals surface area contributed by atoms with E-state index in [0.29, 0.717) is 21.7 Å². The summed E-state index contributed by atoms with van der Waals surface area (Å²) in [5.41, 5.74) is 2.99. The van der Waals surface area contributed by atoms with Gasteiger partial charge in [0.2, 0.25) is 0 Å². The highest BCUT2D eigenvalue weighted by Gasteiger charge is 2.62. The first-order valence-corrected chi connectivity index (χ1v) is 8.73. The van der Waals surface area contributed by atoms with Gasteiger partial charge in [0.1, 0.15) is 0 Å². The highest BCUT2D eigenvalue weighted by atomic mass is 35.5. The molecule has 1 fully saturated rings. The minimum absolute atomic E-state index is 0.0250. The molecule has 0 N–H and O–H groups in total. The average Bonchev–Trinajstić information content (AvgIpc) is 2.94. The average molecular weight is 351 g/mol. The summed E-state index contributed by atoms with van der Waals surface area (Å²) in [7, 11) is 1.96. The zero-order chi connectivity index (χ0) is 16.7. The summed E-state index contributed by atoms with van der Waals surface area (Å²) < 4.78 is 3.68. The van der Waals surface area contributed by atoms with E-state index in [1.807, 2.05) is 11.7 Å². The highest BCUT2D eigenvalue weighted by Crippen LogP contribution is 2.66. The second-order valence-corrected chi connectivity index (χ2v) is 8.49. The van der Waals surface area contributed by atoms with Crippen LogP contribution in [0.2, 0.25) is 10.0 Å². The van der Waals surface area contributed by atoms with Gasteiger partial charge in [0.15, 0.2) is 0 Å². The lowest BCUT2D eigenvalue weighted by Crippen LogP contribution is -2.35. The van der Waals surface area contributed by atoms with Crippen LogP contribution in [-0.4, -0.2) is 9.36 Å². The quantitative estimate of drug-likeness (QED) is 0.734. The highest BCUT2D eigenvalue weighted by molar-refractivity contribution is 6.34. The maximum Gasteiger partial charge on any atom is 0.275 e. The number of nitrogens with zero attached hydrogens (tertiary/aromatic N) is 2. The second kappa shape index (κ2) is 4.46. The molecule has 2 aliphatic carbocycles. The monoisotopic (exact) mass is 350 g/mol. The second-order valence-electron chi connectivity index (χ2n) is 7.64. The van der Waals surface area contributed by atoms with E-state index in [-0.39, 0.29) is 16.4 Å². The van der Waals surface area contributed by atoms with Gasteiger partial charge in [-0.25, -0.2) is 4.68 Å². The van der Waals surface area contributed by atoms with Crippen molar-refractivity contribution in [2.24, 2.45) is 12.5 Å². The van der Waals surface area contributed by atoms with Gasteiger partial charge < -0.3 is 0 Å². The van der Waals surface area contributed by atoms with Crippen molar-refractivity contribution in [3.63, 3.8) is 0 Å². The number of halogens is 2. The largest absolute Gasteiger partial charge is 0.284 e. The lowest BCUT2D eigenvalue weighted by Gasteiger charge is -2.36. The molecule has 3 nitrogen and oxygen atoms in total. The Morgan fingerprint density at radius 3 is 2.57 bits per heavy atom. The van der Waals surface area contributed by atoms with E-state index >= 15 is 0 Å². The number of benzene rings is 1. The van der Waals surface area contributed by atoms with E-state index in [9.17, 15) is 4.79 Å². The Bertz CT molecular complexity index is 893. The maximum atomic E-state index is 13.2. The van der Waals surface area contributed by atoms with Crippen LogP contribution in [0.5, 0.6) is 0 Å². The zero-order valence-electron chi connectivity index (χ0n) is 13.8. The predicted octanol–water partition coefficient (Wildman–Crippen LogP) is 4.66. The van der Waals surface area contributed by atoms with Gasteiger partial charge in [-0.15, -0.1) is 0 Å². The van der Waals surface area contributed by atoms with E-state index < -0.39 is 0 Å². The van der Waals surface area contributed by atoms with Crippen molar-refractivity contribution in [3.8, 4) is 5.69 Å². The van der Waals surface area contributed by atoms with Crippen molar-refractivity contribution in [2.45, 2.75) is 44.9 Å². The molecule has 122 valence electrons. The van der Waals surface area contributed by atoms with E-state index in [4.69, 9.17) is 23.2 Å². The third-order valence-corrected chi connectivity index (χ3v) is 7.09. The van der Waals surface area contributed by atoms with Gasteiger partial charge in [0.05, 0.1) is 16.4 Å². The first-order valence-electron chi connectivity index (χ1n) is 7.98. The molecule has 23 heavy (non-hydrogen) atoms. The SMILES string of the molecule is Cn1c2c(c(=O)n1-c1cc(Cl)ccc1Cl)[C@H]1CC[C@]2(C)C1(C)C. The summed E-state index contributed by atoms with van der Waals surface area (Å²) >= 11 is 12.5. The molecule has 1 aromatic carbocycles. The van der Waals surface area contributed by atoms with Crippen molar-refractivity contribution in [2.75, 3.05) is 0 Å². The predicted molar refractivity (Wildman–Crippen MR) is 94.1 cm³/mol. The number of rotatable bonds is 1. The Morgan fingerprint density at radius 1 is 1.22 bits per heavy atom. The van der Waals surface area contributed by atoms with Crippen molar-refractivity contribution in [1.82, 2.24) is 9.36 Å². The third kappa shape index (κ3) is 1.65. The summed E-state index contributed by atoms with van der Waals surface area (Å²) in [6.07, 6.45) is 2.21. The number of hydrogen-bond donors (Lipinski definition) is 0. The fraction of sp³-hybridized carbons (Fsp3) is 0.500. The van der Waals surface area contributed by atoms with Gasteiger partial charge in [-0.3, -0.25) is 9.48 Å². The van der Waals surface area contributed by atoms with Crippen molar-refractivity contribution < 1.29 is 0 Å². The summed E-state index contributed by atoms with van der Waals surface area (Å²) in [6.45, 7) is 6.88. The molecule has 2 atom stereocenters. The summed E-state index contributed by atoms with van der Waals surface area (Å²) in [4.78, 5) is 13.2. The molecule has 0 spiro atoms. The fourth-order valence-electron chi connectivity index (χ4n) is 4.94. The van der Waals surface area contributed by atoms with Crippen LogP contribution in [0.3, 0.4) is 0 Å². The standard InChI is InChI=1S/C18H20Cl2N2O/c1-17(2)11-7-8-18(17,3)15-14(11)16(23)22(21(15)4)13-9-10(19)5-6-12(13)20/h5-6,9,11H,7-8H2,1-4H3/t11-,18+/m1/s1. The van der Waals surface area contributed by atoms with Gasteiger partial charge in [-0.1, -0.05) is 44.0 Å². The first-order chi connectivity index (χ1) is 10.7. The van der Waals surface area contributed by atoms with E-state index in [1.165, 1.54) is 5.69 Å². The van der Waals surface area contributed by atoms with Crippen molar-refractivity contribution in [1.29, 1.82) is 0 Å². The molecule has 0 saturated heterocycles. The lowest BCUT2D eigenvalue weighted by atomic mass is 9.70. The third-order valence-electron chi connectivity index (χ3n) is 6.54. The van der Waals surface area contributed by atoms with E-state index in [0.717, 1.165) is 18.4 Å². The van der Waals surface area contributed by atoms with Crippen LogP contribution in [0.1, 0.15) is 50.8 Å². The molecule has 0 aliphatic heterocycles. The molecule has 5 heteroatoms. The maximum absolute atomic E-state index is 13.2.